The first-order chi connectivity index (χ1) is 9.93. The number of hydrogen-bond acceptors (Lipinski definition) is 2. The van der Waals surface area contributed by atoms with E-state index in [-0.39, 0.29) is 5.38 Å². The smallest absolute Gasteiger partial charge is 0.207 e. The highest BCUT2D eigenvalue weighted by atomic mass is 35.5. The van der Waals surface area contributed by atoms with Gasteiger partial charge in [0.05, 0.1) is 10.3 Å². The van der Waals surface area contributed by atoms with Crippen molar-refractivity contribution in [2.24, 2.45) is 0 Å². The molecule has 0 aromatic heterocycles. The molecule has 0 saturated heterocycles. The molecular weight excluding hydrogens is 306 g/mol. The molecule has 0 N–H and O–H groups in total. The fourth-order valence-corrected chi connectivity index (χ4v) is 3.53. The quantitative estimate of drug-likeness (QED) is 0.790. The largest absolute Gasteiger partial charge is 0.242 e. The van der Waals surface area contributed by atoms with Crippen molar-refractivity contribution < 1.29 is 8.42 Å². The number of benzene rings is 2. The van der Waals surface area contributed by atoms with Gasteiger partial charge in [0.25, 0.3) is 0 Å². The number of alkyl halides is 1. The molecule has 21 heavy (non-hydrogen) atoms. The third-order valence-corrected chi connectivity index (χ3v) is 5.61. The van der Waals surface area contributed by atoms with Crippen molar-refractivity contribution in [3.05, 3.63) is 65.7 Å². The molecule has 0 saturated carbocycles. The van der Waals surface area contributed by atoms with Crippen LogP contribution in [0.3, 0.4) is 0 Å². The predicted molar refractivity (Wildman–Crippen MR) is 86.1 cm³/mol. The van der Waals surface area contributed by atoms with Crippen molar-refractivity contribution >= 4 is 21.6 Å². The molecule has 3 nitrogen and oxygen atoms in total. The maximum Gasteiger partial charge on any atom is 0.242 e. The minimum Gasteiger partial charge on any atom is -0.207 e. The molecule has 0 aliphatic heterocycles. The Bertz CT molecular complexity index is 699. The SMILES string of the molecule is CN(C)S(=O)(=O)c1ccccc1CC(Cl)c1ccccc1. The molecule has 0 aliphatic rings. The fourth-order valence-electron chi connectivity index (χ4n) is 2.09. The summed E-state index contributed by atoms with van der Waals surface area (Å²) < 4.78 is 25.9. The van der Waals surface area contributed by atoms with Crippen molar-refractivity contribution in [3.63, 3.8) is 0 Å². The third kappa shape index (κ3) is 3.64. The maximum absolute atomic E-state index is 12.4. The summed E-state index contributed by atoms with van der Waals surface area (Å²) in [5, 5.41) is -0.260. The van der Waals surface area contributed by atoms with Gasteiger partial charge in [0.2, 0.25) is 10.0 Å². The summed E-state index contributed by atoms with van der Waals surface area (Å²) in [5.41, 5.74) is 1.71. The van der Waals surface area contributed by atoms with Gasteiger partial charge in [-0.2, -0.15) is 0 Å². The molecular formula is C16H18ClNO2S. The van der Waals surface area contributed by atoms with E-state index < -0.39 is 10.0 Å². The van der Waals surface area contributed by atoms with Gasteiger partial charge in [0.15, 0.2) is 0 Å². The average Bonchev–Trinajstić information content (AvgIpc) is 2.48. The summed E-state index contributed by atoms with van der Waals surface area (Å²) >= 11 is 6.43. The molecule has 2 aromatic carbocycles. The van der Waals surface area contributed by atoms with E-state index in [0.29, 0.717) is 11.3 Å². The molecule has 1 atom stereocenters. The first kappa shape index (κ1) is 16.0. The zero-order valence-corrected chi connectivity index (χ0v) is 13.6. The lowest BCUT2D eigenvalue weighted by molar-refractivity contribution is 0.519. The predicted octanol–water partition coefficient (Wildman–Crippen LogP) is 3.46. The molecule has 0 radical (unpaired) electrons. The van der Waals surface area contributed by atoms with E-state index >= 15 is 0 Å². The molecule has 0 fully saturated rings. The second-order valence-corrected chi connectivity index (χ2v) is 7.62. The molecule has 1 unspecified atom stereocenters. The Balaban J connectivity index is 2.34. The van der Waals surface area contributed by atoms with Gasteiger partial charge in [0.1, 0.15) is 0 Å². The van der Waals surface area contributed by atoms with Crippen molar-refractivity contribution in [1.82, 2.24) is 4.31 Å². The summed E-state index contributed by atoms with van der Waals surface area (Å²) in [4.78, 5) is 0.316. The van der Waals surface area contributed by atoms with Gasteiger partial charge in [-0.1, -0.05) is 48.5 Å². The second kappa shape index (κ2) is 6.60. The molecule has 0 amide bonds. The van der Waals surface area contributed by atoms with Crippen LogP contribution in [0.4, 0.5) is 0 Å². The van der Waals surface area contributed by atoms with Gasteiger partial charge >= 0.3 is 0 Å². The Morgan fingerprint density at radius 2 is 1.57 bits per heavy atom. The summed E-state index contributed by atoms with van der Waals surface area (Å²) in [7, 11) is -0.402. The van der Waals surface area contributed by atoms with Gasteiger partial charge < -0.3 is 0 Å². The van der Waals surface area contributed by atoms with Crippen LogP contribution in [-0.2, 0) is 16.4 Å². The van der Waals surface area contributed by atoms with E-state index in [0.717, 1.165) is 11.1 Å². The Labute approximate surface area is 131 Å². The van der Waals surface area contributed by atoms with E-state index in [1.165, 1.54) is 18.4 Å². The van der Waals surface area contributed by atoms with E-state index in [1.807, 2.05) is 42.5 Å². The highest BCUT2D eigenvalue weighted by Crippen LogP contribution is 2.28. The van der Waals surface area contributed by atoms with Gasteiger partial charge in [-0.25, -0.2) is 12.7 Å². The zero-order valence-electron chi connectivity index (χ0n) is 12.0. The summed E-state index contributed by atoms with van der Waals surface area (Å²) in [6.45, 7) is 0. The van der Waals surface area contributed by atoms with Crippen molar-refractivity contribution in [2.75, 3.05) is 14.1 Å². The van der Waals surface area contributed by atoms with E-state index in [4.69, 9.17) is 11.6 Å². The van der Waals surface area contributed by atoms with Crippen LogP contribution in [0.15, 0.2) is 59.5 Å². The number of nitrogens with zero attached hydrogens (tertiary/aromatic N) is 1. The number of hydrogen-bond donors (Lipinski definition) is 0. The molecule has 5 heteroatoms. The lowest BCUT2D eigenvalue weighted by Crippen LogP contribution is -2.23. The first-order valence-electron chi connectivity index (χ1n) is 6.62. The van der Waals surface area contributed by atoms with Gasteiger partial charge in [-0.05, 0) is 23.6 Å². The number of rotatable bonds is 5. The summed E-state index contributed by atoms with van der Waals surface area (Å²) in [6.07, 6.45) is 0.467. The monoisotopic (exact) mass is 323 g/mol. The van der Waals surface area contributed by atoms with Crippen LogP contribution >= 0.6 is 11.6 Å². The normalized spacial score (nSPS) is 13.3. The standard InChI is InChI=1S/C16H18ClNO2S/c1-18(2)21(19,20)16-11-7-6-10-14(16)12-15(17)13-8-4-3-5-9-13/h3-11,15H,12H2,1-2H3. The number of halogens is 1. The topological polar surface area (TPSA) is 37.4 Å². The highest BCUT2D eigenvalue weighted by Gasteiger charge is 2.22. The number of sulfonamides is 1. The molecule has 0 bridgehead atoms. The summed E-state index contributed by atoms with van der Waals surface area (Å²) in [6, 6.07) is 16.7. The van der Waals surface area contributed by atoms with Crippen LogP contribution in [0, 0.1) is 0 Å². The van der Waals surface area contributed by atoms with Crippen LogP contribution in [0.25, 0.3) is 0 Å². The molecule has 0 aliphatic carbocycles. The molecule has 0 spiro atoms. The molecule has 2 rings (SSSR count). The van der Waals surface area contributed by atoms with E-state index in [1.54, 1.807) is 12.1 Å². The van der Waals surface area contributed by atoms with E-state index in [9.17, 15) is 8.42 Å². The Kier molecular flexibility index (Phi) is 5.04. The Hall–Kier alpha value is -1.36. The molecule has 0 heterocycles. The Morgan fingerprint density at radius 3 is 2.19 bits per heavy atom. The molecule has 2 aromatic rings. The van der Waals surface area contributed by atoms with Crippen LogP contribution in [0.5, 0.6) is 0 Å². The molecule has 112 valence electrons. The van der Waals surface area contributed by atoms with Crippen molar-refractivity contribution in [1.29, 1.82) is 0 Å². The second-order valence-electron chi connectivity index (χ2n) is 4.98. The summed E-state index contributed by atoms with van der Waals surface area (Å²) in [5.74, 6) is 0. The third-order valence-electron chi connectivity index (χ3n) is 3.29. The Morgan fingerprint density at radius 1 is 1.00 bits per heavy atom. The first-order valence-corrected chi connectivity index (χ1v) is 8.50. The van der Waals surface area contributed by atoms with E-state index in [2.05, 4.69) is 0 Å². The van der Waals surface area contributed by atoms with Crippen LogP contribution < -0.4 is 0 Å². The van der Waals surface area contributed by atoms with Gasteiger partial charge in [0, 0.05) is 14.1 Å². The minimum atomic E-state index is -3.46. The van der Waals surface area contributed by atoms with Crippen LogP contribution in [-0.4, -0.2) is 26.8 Å². The maximum atomic E-state index is 12.4. The van der Waals surface area contributed by atoms with Crippen molar-refractivity contribution in [3.8, 4) is 0 Å². The van der Waals surface area contributed by atoms with Crippen molar-refractivity contribution in [2.45, 2.75) is 16.7 Å². The van der Waals surface area contributed by atoms with Crippen LogP contribution in [0.1, 0.15) is 16.5 Å². The average molecular weight is 324 g/mol. The highest BCUT2D eigenvalue weighted by molar-refractivity contribution is 7.89. The van der Waals surface area contributed by atoms with Crippen LogP contribution in [0.2, 0.25) is 0 Å². The fraction of sp³-hybridized carbons (Fsp3) is 0.250. The van der Waals surface area contributed by atoms with Gasteiger partial charge in [-0.15, -0.1) is 11.6 Å². The van der Waals surface area contributed by atoms with Gasteiger partial charge in [-0.3, -0.25) is 0 Å². The lowest BCUT2D eigenvalue weighted by Gasteiger charge is -2.17. The zero-order chi connectivity index (χ0) is 15.5. The lowest BCUT2D eigenvalue weighted by atomic mass is 10.0. The minimum absolute atomic E-state index is 0.260.